The highest BCUT2D eigenvalue weighted by Gasteiger charge is 2.29. The Labute approximate surface area is 130 Å². The van der Waals surface area contributed by atoms with Crippen LogP contribution in [0.4, 0.5) is 0 Å². The molecule has 1 aliphatic heterocycles. The molecule has 0 unspecified atom stereocenters. The largest absolute Gasteiger partial charge is 0.486 e. The van der Waals surface area contributed by atoms with E-state index in [1.165, 1.54) is 0 Å². The van der Waals surface area contributed by atoms with Gasteiger partial charge in [0.25, 0.3) is 0 Å². The van der Waals surface area contributed by atoms with Gasteiger partial charge in [0.15, 0.2) is 11.5 Å². The van der Waals surface area contributed by atoms with Gasteiger partial charge >= 0.3 is 0 Å². The minimum atomic E-state index is -3.62. The molecule has 6 nitrogen and oxygen atoms in total. The monoisotopic (exact) mass is 327 g/mol. The van der Waals surface area contributed by atoms with Crippen LogP contribution in [0.15, 0.2) is 23.1 Å². The average Bonchev–Trinajstić information content (AvgIpc) is 2.54. The second-order valence-corrected chi connectivity index (χ2v) is 7.29. The third-order valence-corrected chi connectivity index (χ3v) is 5.69. The van der Waals surface area contributed by atoms with E-state index in [4.69, 9.17) is 14.2 Å². The molecule has 0 amide bonds. The first kappa shape index (κ1) is 15.6. The number of hydrogen-bond acceptors (Lipinski definition) is 5. The molecule has 122 valence electrons. The molecule has 22 heavy (non-hydrogen) atoms. The standard InChI is InChI=1S/C15H21NO5S/c1-19-12-7-5-11(6-8-12)16-22(17,18)14-4-2-3-13-15(14)21-10-9-20-13/h2-4,11-12,16H,5-10H2,1H3. The fourth-order valence-corrected chi connectivity index (χ4v) is 4.42. The van der Waals surface area contributed by atoms with E-state index in [1.807, 2.05) is 0 Å². The quantitative estimate of drug-likeness (QED) is 0.911. The fraction of sp³-hybridized carbons (Fsp3) is 0.600. The topological polar surface area (TPSA) is 73.9 Å². The number of nitrogens with one attached hydrogen (secondary N) is 1. The summed E-state index contributed by atoms with van der Waals surface area (Å²) in [6.07, 6.45) is 3.54. The van der Waals surface area contributed by atoms with Gasteiger partial charge < -0.3 is 14.2 Å². The summed E-state index contributed by atoms with van der Waals surface area (Å²) in [6, 6.07) is 4.88. The molecular weight excluding hydrogens is 306 g/mol. The van der Waals surface area contributed by atoms with Crippen LogP contribution in [-0.2, 0) is 14.8 Å². The van der Waals surface area contributed by atoms with Crippen LogP contribution in [0.2, 0.25) is 0 Å². The Hall–Kier alpha value is -1.31. The van der Waals surface area contributed by atoms with Gasteiger partial charge in [-0.25, -0.2) is 13.1 Å². The van der Waals surface area contributed by atoms with Crippen LogP contribution in [0.25, 0.3) is 0 Å². The van der Waals surface area contributed by atoms with Crippen molar-refractivity contribution in [1.29, 1.82) is 0 Å². The van der Waals surface area contributed by atoms with Gasteiger partial charge in [-0.15, -0.1) is 0 Å². The average molecular weight is 327 g/mol. The molecular formula is C15H21NO5S. The highest BCUT2D eigenvalue weighted by atomic mass is 32.2. The molecule has 0 saturated heterocycles. The van der Waals surface area contributed by atoms with E-state index in [9.17, 15) is 8.42 Å². The Morgan fingerprint density at radius 1 is 1.14 bits per heavy atom. The maximum Gasteiger partial charge on any atom is 0.244 e. The fourth-order valence-electron chi connectivity index (χ4n) is 2.96. The van der Waals surface area contributed by atoms with Gasteiger partial charge in [0.05, 0.1) is 6.10 Å². The first-order valence-electron chi connectivity index (χ1n) is 7.54. The van der Waals surface area contributed by atoms with Gasteiger partial charge in [0.2, 0.25) is 10.0 Å². The van der Waals surface area contributed by atoms with Gasteiger partial charge in [0, 0.05) is 13.2 Å². The molecule has 1 aliphatic carbocycles. The molecule has 0 bridgehead atoms. The number of sulfonamides is 1. The molecule has 3 rings (SSSR count). The zero-order valence-electron chi connectivity index (χ0n) is 12.6. The van der Waals surface area contributed by atoms with Crippen LogP contribution in [0.5, 0.6) is 11.5 Å². The van der Waals surface area contributed by atoms with Crippen molar-refractivity contribution < 1.29 is 22.6 Å². The van der Waals surface area contributed by atoms with E-state index in [2.05, 4.69) is 4.72 Å². The summed E-state index contributed by atoms with van der Waals surface area (Å²) in [6.45, 7) is 0.795. The molecule has 1 fully saturated rings. The second kappa shape index (κ2) is 6.44. The van der Waals surface area contributed by atoms with Crippen LogP contribution in [-0.4, -0.2) is 40.9 Å². The summed E-state index contributed by atoms with van der Waals surface area (Å²) in [7, 11) is -1.92. The van der Waals surface area contributed by atoms with Gasteiger partial charge in [0.1, 0.15) is 18.1 Å². The number of para-hydroxylation sites is 1. The van der Waals surface area contributed by atoms with Crippen molar-refractivity contribution in [2.24, 2.45) is 0 Å². The smallest absolute Gasteiger partial charge is 0.244 e. The minimum absolute atomic E-state index is 0.0586. The van der Waals surface area contributed by atoms with E-state index >= 15 is 0 Å². The predicted octanol–water partition coefficient (Wildman–Crippen LogP) is 1.69. The molecule has 0 spiro atoms. The molecule has 0 radical (unpaired) electrons. The molecule has 2 aliphatic rings. The van der Waals surface area contributed by atoms with Crippen molar-refractivity contribution in [3.05, 3.63) is 18.2 Å². The Morgan fingerprint density at radius 3 is 2.59 bits per heavy atom. The number of fused-ring (bicyclic) bond motifs is 1. The highest BCUT2D eigenvalue weighted by molar-refractivity contribution is 7.89. The normalized spacial score (nSPS) is 25.0. The third kappa shape index (κ3) is 3.21. The summed E-state index contributed by atoms with van der Waals surface area (Å²) in [5, 5.41) is 0. The molecule has 0 atom stereocenters. The first-order valence-corrected chi connectivity index (χ1v) is 9.02. The van der Waals surface area contributed by atoms with Gasteiger partial charge in [-0.2, -0.15) is 0 Å². The van der Waals surface area contributed by atoms with Crippen molar-refractivity contribution in [3.8, 4) is 11.5 Å². The van der Waals surface area contributed by atoms with Crippen molar-refractivity contribution in [3.63, 3.8) is 0 Å². The third-order valence-electron chi connectivity index (χ3n) is 4.15. The van der Waals surface area contributed by atoms with E-state index in [-0.39, 0.29) is 17.0 Å². The molecule has 7 heteroatoms. The van der Waals surface area contributed by atoms with Gasteiger partial charge in [-0.1, -0.05) is 6.07 Å². The van der Waals surface area contributed by atoms with E-state index < -0.39 is 10.0 Å². The lowest BCUT2D eigenvalue weighted by molar-refractivity contribution is 0.0649. The molecule has 1 N–H and O–H groups in total. The molecule has 1 saturated carbocycles. The van der Waals surface area contributed by atoms with E-state index in [0.29, 0.717) is 24.7 Å². The van der Waals surface area contributed by atoms with Gasteiger partial charge in [-0.3, -0.25) is 0 Å². The van der Waals surface area contributed by atoms with Crippen LogP contribution in [0.3, 0.4) is 0 Å². The summed E-state index contributed by atoms with van der Waals surface area (Å²) < 4.78 is 44.3. The number of rotatable bonds is 4. The molecule has 1 heterocycles. The van der Waals surface area contributed by atoms with Crippen LogP contribution < -0.4 is 14.2 Å². The van der Waals surface area contributed by atoms with Crippen molar-refractivity contribution >= 4 is 10.0 Å². The molecule has 1 aromatic carbocycles. The van der Waals surface area contributed by atoms with Crippen LogP contribution in [0, 0.1) is 0 Å². The van der Waals surface area contributed by atoms with Crippen molar-refractivity contribution in [2.45, 2.75) is 42.7 Å². The lowest BCUT2D eigenvalue weighted by Crippen LogP contribution is -2.39. The lowest BCUT2D eigenvalue weighted by atomic mass is 9.94. The Balaban J connectivity index is 1.76. The minimum Gasteiger partial charge on any atom is -0.486 e. The summed E-state index contributed by atoms with van der Waals surface area (Å²) >= 11 is 0. The number of methoxy groups -OCH3 is 1. The summed E-state index contributed by atoms with van der Waals surface area (Å²) in [5.74, 6) is 0.795. The molecule has 0 aromatic heterocycles. The number of benzene rings is 1. The maximum atomic E-state index is 12.6. The number of hydrogen-bond donors (Lipinski definition) is 1. The van der Waals surface area contributed by atoms with Crippen LogP contribution >= 0.6 is 0 Å². The Kier molecular flexibility index (Phi) is 4.56. The van der Waals surface area contributed by atoms with Crippen molar-refractivity contribution in [2.75, 3.05) is 20.3 Å². The lowest BCUT2D eigenvalue weighted by Gasteiger charge is -2.28. The van der Waals surface area contributed by atoms with Crippen molar-refractivity contribution in [1.82, 2.24) is 4.72 Å². The van der Waals surface area contributed by atoms with Crippen LogP contribution in [0.1, 0.15) is 25.7 Å². The van der Waals surface area contributed by atoms with E-state index in [1.54, 1.807) is 25.3 Å². The maximum absolute atomic E-state index is 12.6. The van der Waals surface area contributed by atoms with Gasteiger partial charge in [-0.05, 0) is 37.8 Å². The zero-order valence-corrected chi connectivity index (χ0v) is 13.4. The summed E-state index contributed by atoms with van der Waals surface area (Å²) in [4.78, 5) is 0.151. The SMILES string of the molecule is COC1CCC(NS(=O)(=O)c2cccc3c2OCCO3)CC1. The number of ether oxygens (including phenoxy) is 3. The zero-order chi connectivity index (χ0) is 15.6. The first-order chi connectivity index (χ1) is 10.6. The second-order valence-electron chi connectivity index (χ2n) is 5.61. The Bertz CT molecular complexity index is 623. The highest BCUT2D eigenvalue weighted by Crippen LogP contribution is 2.36. The predicted molar refractivity (Wildman–Crippen MR) is 80.8 cm³/mol. The molecule has 1 aromatic rings. The summed E-state index contributed by atoms with van der Waals surface area (Å²) in [5.41, 5.74) is 0. The Morgan fingerprint density at radius 2 is 1.86 bits per heavy atom. The van der Waals surface area contributed by atoms with E-state index in [0.717, 1.165) is 25.7 Å².